The summed E-state index contributed by atoms with van der Waals surface area (Å²) in [4.78, 5) is 23.4. The highest BCUT2D eigenvalue weighted by Crippen LogP contribution is 2.28. The molecule has 0 spiro atoms. The van der Waals surface area contributed by atoms with Crippen molar-refractivity contribution in [3.05, 3.63) is 34.9 Å². The summed E-state index contributed by atoms with van der Waals surface area (Å²) in [7, 11) is 0. The van der Waals surface area contributed by atoms with Crippen LogP contribution in [0.15, 0.2) is 24.3 Å². The molecule has 1 aliphatic carbocycles. The highest BCUT2D eigenvalue weighted by Gasteiger charge is 2.17. The zero-order chi connectivity index (χ0) is 14.4. The molecule has 0 aromatic heterocycles. The van der Waals surface area contributed by atoms with Crippen LogP contribution in [0.5, 0.6) is 0 Å². The fourth-order valence-electron chi connectivity index (χ4n) is 2.58. The maximum atomic E-state index is 11.8. The Labute approximate surface area is 124 Å². The zero-order valence-electron chi connectivity index (χ0n) is 11.4. The number of carbonyl (C=O) groups excluding carboxylic acids is 2. The van der Waals surface area contributed by atoms with Crippen LogP contribution in [-0.4, -0.2) is 18.4 Å². The van der Waals surface area contributed by atoms with Gasteiger partial charge in [0.15, 0.2) is 12.4 Å². The van der Waals surface area contributed by atoms with Crippen LogP contribution >= 0.6 is 11.6 Å². The average molecular weight is 295 g/mol. The molecular formula is C16H19ClO3. The number of Topliss-reactive ketones (excluding diaryl/α,β-unsaturated/α-hetero) is 1. The van der Waals surface area contributed by atoms with Gasteiger partial charge in [-0.2, -0.15) is 0 Å². The Kier molecular flexibility index (Phi) is 5.60. The maximum Gasteiger partial charge on any atom is 0.306 e. The minimum Gasteiger partial charge on any atom is -0.457 e. The van der Waals surface area contributed by atoms with Gasteiger partial charge in [0.05, 0.1) is 0 Å². The molecule has 1 fully saturated rings. The van der Waals surface area contributed by atoms with Gasteiger partial charge in [-0.15, -0.1) is 0 Å². The van der Waals surface area contributed by atoms with Gasteiger partial charge in [-0.25, -0.2) is 0 Å². The second kappa shape index (κ2) is 7.44. The molecule has 0 saturated heterocycles. The van der Waals surface area contributed by atoms with Crippen molar-refractivity contribution in [2.75, 3.05) is 6.61 Å². The van der Waals surface area contributed by atoms with Gasteiger partial charge < -0.3 is 4.74 Å². The standard InChI is InChI=1S/C16H19ClO3/c17-14-7-3-6-13(10-14)15(18)11-20-16(19)9-8-12-4-1-2-5-12/h3,6-7,10,12H,1-2,4-5,8-9,11H2. The van der Waals surface area contributed by atoms with Crippen molar-refractivity contribution in [3.63, 3.8) is 0 Å². The minimum atomic E-state index is -0.285. The predicted octanol–water partition coefficient (Wildman–Crippen LogP) is 4.04. The van der Waals surface area contributed by atoms with Crippen molar-refractivity contribution < 1.29 is 14.3 Å². The molecule has 1 aromatic carbocycles. The van der Waals surface area contributed by atoms with Gasteiger partial charge in [-0.1, -0.05) is 49.4 Å². The Morgan fingerprint density at radius 3 is 2.70 bits per heavy atom. The molecule has 20 heavy (non-hydrogen) atoms. The van der Waals surface area contributed by atoms with Crippen molar-refractivity contribution in [2.24, 2.45) is 5.92 Å². The second-order valence-electron chi connectivity index (χ2n) is 5.28. The number of hydrogen-bond acceptors (Lipinski definition) is 3. The number of ketones is 1. The molecule has 4 heteroatoms. The summed E-state index contributed by atoms with van der Waals surface area (Å²) in [5.74, 6) is 0.153. The third kappa shape index (κ3) is 4.64. The summed E-state index contributed by atoms with van der Waals surface area (Å²) in [6, 6.07) is 6.65. The van der Waals surface area contributed by atoms with E-state index in [2.05, 4.69) is 0 Å². The lowest BCUT2D eigenvalue weighted by molar-refractivity contribution is -0.142. The number of hydrogen-bond donors (Lipinski definition) is 0. The Hall–Kier alpha value is -1.35. The van der Waals surface area contributed by atoms with E-state index in [4.69, 9.17) is 16.3 Å². The molecule has 0 unspecified atom stereocenters. The highest BCUT2D eigenvalue weighted by atomic mass is 35.5. The van der Waals surface area contributed by atoms with E-state index in [9.17, 15) is 9.59 Å². The van der Waals surface area contributed by atoms with Gasteiger partial charge in [-0.05, 0) is 24.5 Å². The lowest BCUT2D eigenvalue weighted by atomic mass is 10.0. The van der Waals surface area contributed by atoms with E-state index in [1.165, 1.54) is 25.7 Å². The van der Waals surface area contributed by atoms with Crippen LogP contribution in [0.1, 0.15) is 48.9 Å². The van der Waals surface area contributed by atoms with Crippen molar-refractivity contribution in [2.45, 2.75) is 38.5 Å². The van der Waals surface area contributed by atoms with Crippen LogP contribution in [0, 0.1) is 5.92 Å². The first kappa shape index (κ1) is 15.0. The lowest BCUT2D eigenvalue weighted by Crippen LogP contribution is -2.14. The van der Waals surface area contributed by atoms with E-state index < -0.39 is 0 Å². The van der Waals surface area contributed by atoms with E-state index in [0.29, 0.717) is 22.9 Å². The number of esters is 1. The highest BCUT2D eigenvalue weighted by molar-refractivity contribution is 6.31. The zero-order valence-corrected chi connectivity index (χ0v) is 12.2. The normalized spacial score (nSPS) is 15.2. The Bertz CT molecular complexity index is 478. The van der Waals surface area contributed by atoms with Gasteiger partial charge in [-0.3, -0.25) is 9.59 Å². The van der Waals surface area contributed by atoms with E-state index in [-0.39, 0.29) is 18.4 Å². The summed E-state index contributed by atoms with van der Waals surface area (Å²) < 4.78 is 5.03. The molecule has 2 rings (SSSR count). The number of ether oxygens (including phenoxy) is 1. The van der Waals surface area contributed by atoms with Crippen molar-refractivity contribution in [1.82, 2.24) is 0 Å². The van der Waals surface area contributed by atoms with E-state index in [0.717, 1.165) is 6.42 Å². The molecule has 0 atom stereocenters. The molecule has 0 radical (unpaired) electrons. The van der Waals surface area contributed by atoms with Crippen LogP contribution in [0.25, 0.3) is 0 Å². The topological polar surface area (TPSA) is 43.4 Å². The quantitative estimate of drug-likeness (QED) is 0.587. The smallest absolute Gasteiger partial charge is 0.306 e. The fraction of sp³-hybridized carbons (Fsp3) is 0.500. The lowest BCUT2D eigenvalue weighted by Gasteiger charge is -2.08. The molecule has 1 saturated carbocycles. The predicted molar refractivity (Wildman–Crippen MR) is 77.9 cm³/mol. The van der Waals surface area contributed by atoms with Gasteiger partial charge in [0, 0.05) is 17.0 Å². The van der Waals surface area contributed by atoms with Gasteiger partial charge in [0.25, 0.3) is 0 Å². The first-order valence-electron chi connectivity index (χ1n) is 7.09. The van der Waals surface area contributed by atoms with Crippen LogP contribution in [0.2, 0.25) is 5.02 Å². The van der Waals surface area contributed by atoms with Crippen LogP contribution in [0.3, 0.4) is 0 Å². The van der Waals surface area contributed by atoms with Crippen LogP contribution < -0.4 is 0 Å². The van der Waals surface area contributed by atoms with E-state index in [1.54, 1.807) is 24.3 Å². The Balaban J connectivity index is 1.71. The Morgan fingerprint density at radius 1 is 1.25 bits per heavy atom. The van der Waals surface area contributed by atoms with Crippen LogP contribution in [0.4, 0.5) is 0 Å². The molecule has 3 nitrogen and oxygen atoms in total. The molecule has 0 bridgehead atoms. The largest absolute Gasteiger partial charge is 0.457 e. The van der Waals surface area contributed by atoms with Crippen LogP contribution in [-0.2, 0) is 9.53 Å². The molecule has 0 aliphatic heterocycles. The molecule has 1 aliphatic rings. The fourth-order valence-corrected chi connectivity index (χ4v) is 2.77. The molecule has 0 amide bonds. The summed E-state index contributed by atoms with van der Waals surface area (Å²) in [5.41, 5.74) is 0.473. The maximum absolute atomic E-state index is 11.8. The number of halogens is 1. The van der Waals surface area contributed by atoms with Crippen molar-refractivity contribution >= 4 is 23.4 Å². The Morgan fingerprint density at radius 2 is 2.00 bits per heavy atom. The molecule has 0 N–H and O–H groups in total. The first-order chi connectivity index (χ1) is 9.65. The van der Waals surface area contributed by atoms with Gasteiger partial charge in [0.1, 0.15) is 0 Å². The molecule has 0 heterocycles. The number of benzene rings is 1. The minimum absolute atomic E-state index is 0.205. The van der Waals surface area contributed by atoms with Crippen molar-refractivity contribution in [1.29, 1.82) is 0 Å². The first-order valence-corrected chi connectivity index (χ1v) is 7.47. The molecule has 108 valence electrons. The molecule has 1 aromatic rings. The SMILES string of the molecule is O=C(CCC1CCCC1)OCC(=O)c1cccc(Cl)c1. The number of carbonyl (C=O) groups is 2. The summed E-state index contributed by atoms with van der Waals surface area (Å²) in [6.45, 7) is -0.205. The monoisotopic (exact) mass is 294 g/mol. The summed E-state index contributed by atoms with van der Waals surface area (Å²) in [5, 5.41) is 0.503. The molecular weight excluding hydrogens is 276 g/mol. The second-order valence-corrected chi connectivity index (χ2v) is 5.72. The van der Waals surface area contributed by atoms with E-state index >= 15 is 0 Å². The summed E-state index contributed by atoms with van der Waals surface area (Å²) in [6.07, 6.45) is 6.26. The van der Waals surface area contributed by atoms with Gasteiger partial charge >= 0.3 is 5.97 Å². The van der Waals surface area contributed by atoms with Crippen molar-refractivity contribution in [3.8, 4) is 0 Å². The van der Waals surface area contributed by atoms with E-state index in [1.807, 2.05) is 0 Å². The number of rotatable bonds is 6. The third-order valence-corrected chi connectivity index (χ3v) is 3.98. The van der Waals surface area contributed by atoms with Gasteiger partial charge in [0.2, 0.25) is 0 Å². The third-order valence-electron chi connectivity index (χ3n) is 3.74. The average Bonchev–Trinajstić information content (AvgIpc) is 2.95. The summed E-state index contributed by atoms with van der Waals surface area (Å²) >= 11 is 5.81.